The van der Waals surface area contributed by atoms with E-state index in [9.17, 15) is 0 Å². The Morgan fingerprint density at radius 3 is 3.12 bits per heavy atom. The predicted molar refractivity (Wildman–Crippen MR) is 67.3 cm³/mol. The van der Waals surface area contributed by atoms with Gasteiger partial charge in [-0.1, -0.05) is 6.07 Å². The van der Waals surface area contributed by atoms with Gasteiger partial charge in [0.25, 0.3) is 0 Å². The number of ether oxygens (including phenoxy) is 1. The topological polar surface area (TPSA) is 47.3 Å². The SMILES string of the molecule is CC1CC(C(CCc2cccs2)NN)CO1. The van der Waals surface area contributed by atoms with Crippen LogP contribution in [0.1, 0.15) is 24.6 Å². The van der Waals surface area contributed by atoms with Crippen LogP contribution >= 0.6 is 11.3 Å². The van der Waals surface area contributed by atoms with Gasteiger partial charge in [0, 0.05) is 16.8 Å². The molecule has 16 heavy (non-hydrogen) atoms. The number of nitrogens with one attached hydrogen (secondary N) is 1. The number of rotatable bonds is 5. The normalized spacial score (nSPS) is 27.1. The van der Waals surface area contributed by atoms with Crippen LogP contribution in [0.4, 0.5) is 0 Å². The minimum Gasteiger partial charge on any atom is -0.378 e. The zero-order valence-corrected chi connectivity index (χ0v) is 10.5. The molecule has 2 heterocycles. The molecule has 2 rings (SSSR count). The molecule has 0 amide bonds. The molecule has 0 bridgehead atoms. The summed E-state index contributed by atoms with van der Waals surface area (Å²) < 4.78 is 5.59. The van der Waals surface area contributed by atoms with Gasteiger partial charge >= 0.3 is 0 Å². The van der Waals surface area contributed by atoms with Crippen molar-refractivity contribution in [3.63, 3.8) is 0 Å². The van der Waals surface area contributed by atoms with Crippen molar-refractivity contribution >= 4 is 11.3 Å². The van der Waals surface area contributed by atoms with Gasteiger partial charge in [-0.25, -0.2) is 0 Å². The van der Waals surface area contributed by atoms with Crippen LogP contribution in [-0.2, 0) is 11.2 Å². The lowest BCUT2D eigenvalue weighted by Crippen LogP contribution is -2.41. The Bertz CT molecular complexity index is 302. The molecule has 4 heteroatoms. The molecule has 1 aliphatic rings. The summed E-state index contributed by atoms with van der Waals surface area (Å²) in [7, 11) is 0. The standard InChI is InChI=1S/C12H20N2OS/c1-9-7-10(8-15-9)12(14-13)5-4-11-3-2-6-16-11/h2-3,6,9-10,12,14H,4-5,7-8,13H2,1H3. The van der Waals surface area contributed by atoms with Gasteiger partial charge in [0.15, 0.2) is 0 Å². The van der Waals surface area contributed by atoms with Crippen LogP contribution in [-0.4, -0.2) is 18.8 Å². The Morgan fingerprint density at radius 2 is 2.56 bits per heavy atom. The number of hydrazine groups is 1. The molecule has 3 N–H and O–H groups in total. The smallest absolute Gasteiger partial charge is 0.0551 e. The maximum Gasteiger partial charge on any atom is 0.0551 e. The number of thiophene rings is 1. The lowest BCUT2D eigenvalue weighted by Gasteiger charge is -2.21. The highest BCUT2D eigenvalue weighted by Gasteiger charge is 2.28. The second-order valence-electron chi connectivity index (χ2n) is 4.53. The van der Waals surface area contributed by atoms with Gasteiger partial charge in [-0.15, -0.1) is 11.3 Å². The molecule has 1 aliphatic heterocycles. The van der Waals surface area contributed by atoms with E-state index in [2.05, 4.69) is 29.9 Å². The highest BCUT2D eigenvalue weighted by atomic mass is 32.1. The van der Waals surface area contributed by atoms with Crippen LogP contribution < -0.4 is 11.3 Å². The lowest BCUT2D eigenvalue weighted by molar-refractivity contribution is 0.116. The monoisotopic (exact) mass is 240 g/mol. The van der Waals surface area contributed by atoms with Crippen LogP contribution in [0.25, 0.3) is 0 Å². The minimum atomic E-state index is 0.382. The first kappa shape index (κ1) is 12.0. The minimum absolute atomic E-state index is 0.382. The summed E-state index contributed by atoms with van der Waals surface area (Å²) in [5.41, 5.74) is 2.95. The van der Waals surface area contributed by atoms with E-state index in [0.717, 1.165) is 25.9 Å². The maximum atomic E-state index is 5.64. The van der Waals surface area contributed by atoms with E-state index in [1.807, 2.05) is 11.3 Å². The van der Waals surface area contributed by atoms with Gasteiger partial charge < -0.3 is 4.74 Å². The lowest BCUT2D eigenvalue weighted by atomic mass is 9.93. The van der Waals surface area contributed by atoms with Crippen molar-refractivity contribution in [2.45, 2.75) is 38.3 Å². The van der Waals surface area contributed by atoms with E-state index in [4.69, 9.17) is 10.6 Å². The summed E-state index contributed by atoms with van der Waals surface area (Å²) >= 11 is 1.82. The largest absolute Gasteiger partial charge is 0.378 e. The van der Waals surface area contributed by atoms with E-state index >= 15 is 0 Å². The van der Waals surface area contributed by atoms with Crippen LogP contribution in [0, 0.1) is 5.92 Å². The Hall–Kier alpha value is -0.420. The summed E-state index contributed by atoms with van der Waals surface area (Å²) in [5.74, 6) is 6.20. The van der Waals surface area contributed by atoms with Crippen LogP contribution in [0.3, 0.4) is 0 Å². The third-order valence-corrected chi connectivity index (χ3v) is 4.23. The third kappa shape index (κ3) is 3.04. The molecule has 0 radical (unpaired) electrons. The predicted octanol–water partition coefficient (Wildman–Crippen LogP) is 1.94. The molecule has 0 saturated carbocycles. The molecular formula is C12H20N2OS. The molecule has 3 unspecified atom stereocenters. The third-order valence-electron chi connectivity index (χ3n) is 3.29. The first-order valence-electron chi connectivity index (χ1n) is 5.89. The summed E-state index contributed by atoms with van der Waals surface area (Å²) in [4.78, 5) is 1.44. The Labute approximate surface area is 101 Å². The average Bonchev–Trinajstić information content (AvgIpc) is 2.91. The maximum absolute atomic E-state index is 5.64. The fraction of sp³-hybridized carbons (Fsp3) is 0.667. The molecule has 1 aromatic heterocycles. The zero-order valence-electron chi connectivity index (χ0n) is 9.69. The highest BCUT2D eigenvalue weighted by molar-refractivity contribution is 7.09. The number of nitrogens with two attached hydrogens (primary N) is 1. The fourth-order valence-corrected chi connectivity index (χ4v) is 3.06. The molecule has 90 valence electrons. The molecule has 0 spiro atoms. The number of aryl methyl sites for hydroxylation is 1. The molecule has 3 atom stereocenters. The number of hydrogen-bond acceptors (Lipinski definition) is 4. The zero-order chi connectivity index (χ0) is 11.4. The summed E-state index contributed by atoms with van der Waals surface area (Å²) in [6, 6.07) is 4.67. The quantitative estimate of drug-likeness (QED) is 0.611. The van der Waals surface area contributed by atoms with Gasteiger partial charge in [-0.2, -0.15) is 0 Å². The van der Waals surface area contributed by atoms with Crippen molar-refractivity contribution in [2.24, 2.45) is 11.8 Å². The first-order chi connectivity index (χ1) is 7.79. The fourth-order valence-electron chi connectivity index (χ4n) is 2.34. The first-order valence-corrected chi connectivity index (χ1v) is 6.77. The second kappa shape index (κ2) is 5.77. The summed E-state index contributed by atoms with van der Waals surface area (Å²) in [6.07, 6.45) is 3.72. The van der Waals surface area contributed by atoms with E-state index in [1.54, 1.807) is 0 Å². The van der Waals surface area contributed by atoms with Crippen LogP contribution in [0.5, 0.6) is 0 Å². The van der Waals surface area contributed by atoms with Crippen molar-refractivity contribution in [3.8, 4) is 0 Å². The number of hydrogen-bond donors (Lipinski definition) is 2. The van der Waals surface area contributed by atoms with Gasteiger partial charge in [0.2, 0.25) is 0 Å². The van der Waals surface area contributed by atoms with Gasteiger partial charge in [0.1, 0.15) is 0 Å². The Kier molecular flexibility index (Phi) is 4.35. The highest BCUT2D eigenvalue weighted by Crippen LogP contribution is 2.25. The Morgan fingerprint density at radius 1 is 1.69 bits per heavy atom. The molecule has 0 aliphatic carbocycles. The summed E-state index contributed by atoms with van der Waals surface area (Å²) in [5, 5.41) is 2.13. The molecule has 1 saturated heterocycles. The molecule has 1 aromatic rings. The van der Waals surface area contributed by atoms with E-state index < -0.39 is 0 Å². The van der Waals surface area contributed by atoms with Crippen molar-refractivity contribution < 1.29 is 4.74 Å². The van der Waals surface area contributed by atoms with Gasteiger partial charge in [-0.05, 0) is 37.6 Å². The van der Waals surface area contributed by atoms with Crippen molar-refractivity contribution in [1.29, 1.82) is 0 Å². The van der Waals surface area contributed by atoms with E-state index in [0.29, 0.717) is 18.1 Å². The van der Waals surface area contributed by atoms with Crippen LogP contribution in [0.2, 0.25) is 0 Å². The van der Waals surface area contributed by atoms with Gasteiger partial charge in [-0.3, -0.25) is 11.3 Å². The van der Waals surface area contributed by atoms with Crippen molar-refractivity contribution in [3.05, 3.63) is 22.4 Å². The van der Waals surface area contributed by atoms with Crippen molar-refractivity contribution in [2.75, 3.05) is 6.61 Å². The summed E-state index contributed by atoms with van der Waals surface area (Å²) in [6.45, 7) is 2.98. The average molecular weight is 240 g/mol. The molecule has 1 fully saturated rings. The van der Waals surface area contributed by atoms with Gasteiger partial charge in [0.05, 0.1) is 12.7 Å². The Balaban J connectivity index is 1.81. The van der Waals surface area contributed by atoms with Crippen molar-refractivity contribution in [1.82, 2.24) is 5.43 Å². The molecule has 0 aromatic carbocycles. The van der Waals surface area contributed by atoms with Crippen LogP contribution in [0.15, 0.2) is 17.5 Å². The van der Waals surface area contributed by atoms with E-state index in [-0.39, 0.29) is 0 Å². The van der Waals surface area contributed by atoms with E-state index in [1.165, 1.54) is 4.88 Å². The molecule has 3 nitrogen and oxygen atoms in total. The molecular weight excluding hydrogens is 220 g/mol. The second-order valence-corrected chi connectivity index (χ2v) is 5.56.